The molecule has 1 aliphatic heterocycles. The molecule has 5 nitrogen and oxygen atoms in total. The first-order valence-corrected chi connectivity index (χ1v) is 11.5. The number of para-hydroxylation sites is 2. The Hall–Kier alpha value is -3.29. The lowest BCUT2D eigenvalue weighted by Gasteiger charge is -2.26. The second kappa shape index (κ2) is 8.68. The van der Waals surface area contributed by atoms with Crippen molar-refractivity contribution in [1.82, 2.24) is 10.3 Å². The molecule has 7 heteroatoms. The zero-order valence-electron chi connectivity index (χ0n) is 17.3. The number of aryl methyl sites for hydroxylation is 1. The van der Waals surface area contributed by atoms with Gasteiger partial charge in [0.15, 0.2) is 10.2 Å². The van der Waals surface area contributed by atoms with E-state index >= 15 is 0 Å². The maximum atomic E-state index is 10.6. The van der Waals surface area contributed by atoms with E-state index in [1.165, 1.54) is 5.56 Å². The Labute approximate surface area is 196 Å². The number of pyridine rings is 1. The Kier molecular flexibility index (Phi) is 5.59. The molecular formula is C25H21N3O2S2. The zero-order chi connectivity index (χ0) is 22.1. The molecule has 160 valence electrons. The fourth-order valence-corrected chi connectivity index (χ4v) is 4.96. The number of anilines is 1. The summed E-state index contributed by atoms with van der Waals surface area (Å²) in [6.07, 6.45) is 1.76. The van der Waals surface area contributed by atoms with Crippen molar-refractivity contribution in [1.29, 1.82) is 0 Å². The second-order valence-corrected chi connectivity index (χ2v) is 9.02. The first kappa shape index (κ1) is 20.6. The number of rotatable bonds is 5. The highest BCUT2D eigenvalue weighted by Crippen LogP contribution is 2.45. The van der Waals surface area contributed by atoms with Gasteiger partial charge in [0.25, 0.3) is 0 Å². The smallest absolute Gasteiger partial charge is 0.174 e. The van der Waals surface area contributed by atoms with E-state index in [0.717, 1.165) is 21.4 Å². The number of nitrogens with one attached hydrogen (secondary N) is 1. The van der Waals surface area contributed by atoms with Crippen LogP contribution in [0.5, 0.6) is 5.75 Å². The zero-order valence-corrected chi connectivity index (χ0v) is 18.9. The third-order valence-electron chi connectivity index (χ3n) is 5.37. The molecule has 0 bridgehead atoms. The molecule has 0 amide bonds. The highest BCUT2D eigenvalue weighted by atomic mass is 32.2. The minimum Gasteiger partial charge on any atom is -0.506 e. The quantitative estimate of drug-likeness (QED) is 0.354. The third-order valence-corrected chi connectivity index (χ3v) is 6.62. The van der Waals surface area contributed by atoms with Gasteiger partial charge in [0.2, 0.25) is 0 Å². The van der Waals surface area contributed by atoms with Crippen molar-refractivity contribution >= 4 is 34.8 Å². The number of nitrogens with zero attached hydrogens (tertiary/aromatic N) is 2. The van der Waals surface area contributed by atoms with E-state index in [4.69, 9.17) is 16.6 Å². The van der Waals surface area contributed by atoms with Gasteiger partial charge in [-0.05, 0) is 67.7 Å². The minimum atomic E-state index is -0.307. The first-order chi connectivity index (χ1) is 15.6. The summed E-state index contributed by atoms with van der Waals surface area (Å²) >= 11 is 7.26. The van der Waals surface area contributed by atoms with Gasteiger partial charge in [-0.2, -0.15) is 0 Å². The van der Waals surface area contributed by atoms with E-state index in [1.807, 2.05) is 47.4 Å². The van der Waals surface area contributed by atoms with Crippen molar-refractivity contribution in [3.8, 4) is 5.75 Å². The summed E-state index contributed by atoms with van der Waals surface area (Å²) in [5.41, 5.74) is 2.69. The fourth-order valence-electron chi connectivity index (χ4n) is 3.84. The van der Waals surface area contributed by atoms with Gasteiger partial charge in [-0.25, -0.2) is 0 Å². The molecule has 1 aliphatic rings. The average Bonchev–Trinajstić information content (AvgIpc) is 3.40. The number of furan rings is 1. The number of hydrogen-bond acceptors (Lipinski definition) is 5. The van der Waals surface area contributed by atoms with E-state index in [0.29, 0.717) is 10.8 Å². The Bertz CT molecular complexity index is 1240. The molecule has 5 rings (SSSR count). The monoisotopic (exact) mass is 459 g/mol. The summed E-state index contributed by atoms with van der Waals surface area (Å²) in [6, 6.07) is 24.7. The molecule has 2 atom stereocenters. The van der Waals surface area contributed by atoms with Crippen molar-refractivity contribution in [2.75, 3.05) is 4.90 Å². The lowest BCUT2D eigenvalue weighted by Crippen LogP contribution is -2.29. The topological polar surface area (TPSA) is 61.5 Å². The van der Waals surface area contributed by atoms with E-state index in [1.54, 1.807) is 30.1 Å². The molecule has 1 saturated heterocycles. The van der Waals surface area contributed by atoms with E-state index in [2.05, 4.69) is 41.5 Å². The van der Waals surface area contributed by atoms with Gasteiger partial charge in [0, 0.05) is 11.1 Å². The number of aromatic hydroxyl groups is 1. The highest BCUT2D eigenvalue weighted by Gasteiger charge is 2.43. The number of phenolic OH excluding ortho intramolecular Hbond substituents is 1. The lowest BCUT2D eigenvalue weighted by molar-refractivity contribution is 0.382. The summed E-state index contributed by atoms with van der Waals surface area (Å²) in [5.74, 6) is 0.898. The van der Waals surface area contributed by atoms with Gasteiger partial charge >= 0.3 is 0 Å². The SMILES string of the molecule is Cc1ccc(Sc2ccc([C@@H]3[C@@H](c4ccccn4)NC(=S)N3c3ccccc3O)o2)cc1. The maximum Gasteiger partial charge on any atom is 0.174 e. The molecule has 0 saturated carbocycles. The van der Waals surface area contributed by atoms with Crippen molar-refractivity contribution in [3.05, 3.63) is 102 Å². The van der Waals surface area contributed by atoms with Crippen molar-refractivity contribution in [3.63, 3.8) is 0 Å². The standard InChI is InChI=1S/C25H21N3O2S2/c1-16-9-11-17(12-10-16)32-22-14-13-21(30-22)24-23(18-6-4-5-15-26-18)27-25(31)28(24)19-7-2-3-8-20(19)29/h2-15,23-24,29H,1H3,(H,27,31)/t23-,24-/m1/s1. The summed E-state index contributed by atoms with van der Waals surface area (Å²) in [4.78, 5) is 7.56. The van der Waals surface area contributed by atoms with Crippen LogP contribution in [0, 0.1) is 6.92 Å². The van der Waals surface area contributed by atoms with Gasteiger partial charge in [0.05, 0.1) is 17.4 Å². The van der Waals surface area contributed by atoms with E-state index in [9.17, 15) is 5.11 Å². The van der Waals surface area contributed by atoms with Crippen LogP contribution in [0.3, 0.4) is 0 Å². The first-order valence-electron chi connectivity index (χ1n) is 10.2. The Morgan fingerprint density at radius 1 is 1.00 bits per heavy atom. The van der Waals surface area contributed by atoms with Crippen LogP contribution in [0.1, 0.15) is 29.1 Å². The van der Waals surface area contributed by atoms with Crippen LogP contribution in [0.15, 0.2) is 99.5 Å². The van der Waals surface area contributed by atoms with Gasteiger partial charge < -0.3 is 19.7 Å². The highest BCUT2D eigenvalue weighted by molar-refractivity contribution is 7.99. The molecule has 2 N–H and O–H groups in total. The minimum absolute atomic E-state index is 0.157. The molecule has 0 unspecified atom stereocenters. The van der Waals surface area contributed by atoms with Crippen LogP contribution in [0.4, 0.5) is 5.69 Å². The molecule has 0 radical (unpaired) electrons. The molecule has 4 aromatic rings. The maximum absolute atomic E-state index is 10.6. The van der Waals surface area contributed by atoms with Crippen molar-refractivity contribution < 1.29 is 9.52 Å². The normalized spacial score (nSPS) is 18.0. The Balaban J connectivity index is 1.54. The number of hydrogen-bond donors (Lipinski definition) is 2. The van der Waals surface area contributed by atoms with Gasteiger partial charge in [-0.3, -0.25) is 4.98 Å². The Morgan fingerprint density at radius 3 is 2.53 bits per heavy atom. The van der Waals surface area contributed by atoms with E-state index in [-0.39, 0.29) is 17.8 Å². The second-order valence-electron chi connectivity index (χ2n) is 7.56. The summed E-state index contributed by atoms with van der Waals surface area (Å²) < 4.78 is 6.31. The molecule has 0 spiro atoms. The molecule has 3 heterocycles. The molecule has 1 fully saturated rings. The fraction of sp³-hybridized carbons (Fsp3) is 0.120. The number of thiocarbonyl (C=S) groups is 1. The van der Waals surface area contributed by atoms with Crippen LogP contribution in [0.2, 0.25) is 0 Å². The molecule has 0 aliphatic carbocycles. The van der Waals surface area contributed by atoms with Crippen molar-refractivity contribution in [2.45, 2.75) is 29.0 Å². The third kappa shape index (κ3) is 3.97. The largest absolute Gasteiger partial charge is 0.506 e. The molecule has 32 heavy (non-hydrogen) atoms. The van der Waals surface area contributed by atoms with Crippen molar-refractivity contribution in [2.24, 2.45) is 0 Å². The predicted molar refractivity (Wildman–Crippen MR) is 130 cm³/mol. The predicted octanol–water partition coefficient (Wildman–Crippen LogP) is 6.02. The number of benzene rings is 2. The van der Waals surface area contributed by atoms with Crippen LogP contribution < -0.4 is 10.2 Å². The van der Waals surface area contributed by atoms with Gasteiger partial charge in [-0.15, -0.1) is 0 Å². The number of phenols is 1. The van der Waals surface area contributed by atoms with Crippen LogP contribution >= 0.6 is 24.0 Å². The van der Waals surface area contributed by atoms with E-state index < -0.39 is 0 Å². The summed E-state index contributed by atoms with van der Waals surface area (Å²) in [6.45, 7) is 2.07. The van der Waals surface area contributed by atoms with Crippen LogP contribution in [-0.2, 0) is 0 Å². The number of aromatic nitrogens is 1. The Morgan fingerprint density at radius 2 is 1.78 bits per heavy atom. The summed E-state index contributed by atoms with van der Waals surface area (Å²) in [7, 11) is 0. The van der Waals surface area contributed by atoms with Gasteiger partial charge in [-0.1, -0.05) is 47.7 Å². The van der Waals surface area contributed by atoms with Crippen LogP contribution in [-0.4, -0.2) is 15.2 Å². The average molecular weight is 460 g/mol. The van der Waals surface area contributed by atoms with Crippen LogP contribution in [0.25, 0.3) is 0 Å². The summed E-state index contributed by atoms with van der Waals surface area (Å²) in [5, 5.41) is 15.2. The molecule has 2 aromatic carbocycles. The molecule has 2 aromatic heterocycles. The van der Waals surface area contributed by atoms with Gasteiger partial charge in [0.1, 0.15) is 17.6 Å². The molecular weight excluding hydrogens is 438 g/mol. The lowest BCUT2D eigenvalue weighted by atomic mass is 10.0.